The van der Waals surface area contributed by atoms with E-state index in [4.69, 9.17) is 0 Å². The van der Waals surface area contributed by atoms with Crippen LogP contribution in [0, 0.1) is 0 Å². The Morgan fingerprint density at radius 3 is 1.27 bits per heavy atom. The van der Waals surface area contributed by atoms with E-state index in [-0.39, 0.29) is 0 Å². The standard InChI is InChI=1S/C8H20N.C4H5F5O3S/c1-5-9(6-2,7-3)8-4;5-3(6,7)1-2-4(8,9)13(10,11)12/h5-8H2,1-4H3;1-2H2,(H,10,11,12)/q+1;/p-1. The minimum atomic E-state index is -6.01. The summed E-state index contributed by atoms with van der Waals surface area (Å²) in [4.78, 5) is 0. The number of hydrogen-bond acceptors (Lipinski definition) is 3. The second-order valence-electron chi connectivity index (χ2n) is 4.81. The highest BCUT2D eigenvalue weighted by Crippen LogP contribution is 2.32. The Balaban J connectivity index is 0. The molecule has 0 heterocycles. The van der Waals surface area contributed by atoms with Crippen LogP contribution in [0.4, 0.5) is 22.0 Å². The zero-order valence-electron chi connectivity index (χ0n) is 13.2. The molecule has 0 saturated heterocycles. The zero-order valence-corrected chi connectivity index (χ0v) is 14.0. The van der Waals surface area contributed by atoms with Gasteiger partial charge in [-0.15, -0.1) is 0 Å². The molecular formula is C12H24F5NO3S. The van der Waals surface area contributed by atoms with Gasteiger partial charge in [0.2, 0.25) is 0 Å². The van der Waals surface area contributed by atoms with E-state index in [2.05, 4.69) is 27.7 Å². The summed E-state index contributed by atoms with van der Waals surface area (Å²) in [5, 5.41) is -4.86. The molecule has 0 aromatic rings. The van der Waals surface area contributed by atoms with E-state index in [0.717, 1.165) is 0 Å². The molecule has 0 aliphatic heterocycles. The first kappa shape index (κ1) is 23.8. The highest BCUT2D eigenvalue weighted by Gasteiger charge is 2.41. The third kappa shape index (κ3) is 8.84. The topological polar surface area (TPSA) is 57.2 Å². The van der Waals surface area contributed by atoms with Crippen molar-refractivity contribution in [3.05, 3.63) is 0 Å². The maximum absolute atomic E-state index is 12.1. The largest absolute Gasteiger partial charge is 0.743 e. The van der Waals surface area contributed by atoms with Gasteiger partial charge >= 0.3 is 11.4 Å². The molecule has 10 heteroatoms. The highest BCUT2D eigenvalue weighted by atomic mass is 32.2. The zero-order chi connectivity index (χ0) is 18.2. The van der Waals surface area contributed by atoms with E-state index in [9.17, 15) is 34.9 Å². The molecule has 0 radical (unpaired) electrons. The summed E-state index contributed by atoms with van der Waals surface area (Å²) < 4.78 is 88.5. The van der Waals surface area contributed by atoms with Gasteiger partial charge in [0.15, 0.2) is 10.1 Å². The van der Waals surface area contributed by atoms with Gasteiger partial charge in [-0.2, -0.15) is 22.0 Å². The average Bonchev–Trinajstić information content (AvgIpc) is 2.39. The maximum atomic E-state index is 12.1. The van der Waals surface area contributed by atoms with Crippen LogP contribution in [0.5, 0.6) is 0 Å². The van der Waals surface area contributed by atoms with Crippen LogP contribution in [0.25, 0.3) is 0 Å². The number of hydrogen-bond donors (Lipinski definition) is 0. The summed E-state index contributed by atoms with van der Waals surface area (Å²) >= 11 is 0. The van der Waals surface area contributed by atoms with E-state index < -0.39 is 34.4 Å². The Morgan fingerprint density at radius 1 is 0.818 bits per heavy atom. The van der Waals surface area contributed by atoms with Gasteiger partial charge in [0, 0.05) is 6.42 Å². The Bertz CT molecular complexity index is 388. The van der Waals surface area contributed by atoms with Gasteiger partial charge in [0.05, 0.1) is 32.6 Å². The second-order valence-corrected chi connectivity index (χ2v) is 6.32. The second kappa shape index (κ2) is 8.97. The monoisotopic (exact) mass is 357 g/mol. The fourth-order valence-electron chi connectivity index (χ4n) is 1.75. The summed E-state index contributed by atoms with van der Waals surface area (Å²) in [6.45, 7) is 14.2. The maximum Gasteiger partial charge on any atom is 0.389 e. The van der Waals surface area contributed by atoms with Crippen molar-refractivity contribution in [2.45, 2.75) is 52.0 Å². The van der Waals surface area contributed by atoms with Crippen LogP contribution < -0.4 is 0 Å². The first-order valence-electron chi connectivity index (χ1n) is 6.95. The third-order valence-corrected chi connectivity index (χ3v) is 4.68. The summed E-state index contributed by atoms with van der Waals surface area (Å²) in [7, 11) is -6.01. The van der Waals surface area contributed by atoms with Gasteiger partial charge < -0.3 is 9.04 Å². The van der Waals surface area contributed by atoms with E-state index in [0.29, 0.717) is 0 Å². The molecule has 0 aliphatic carbocycles. The Hall–Kier alpha value is -0.480. The van der Waals surface area contributed by atoms with Crippen LogP contribution in [0.1, 0.15) is 40.5 Å². The highest BCUT2D eigenvalue weighted by molar-refractivity contribution is 7.86. The van der Waals surface area contributed by atoms with Gasteiger partial charge in [0.1, 0.15) is 0 Å². The van der Waals surface area contributed by atoms with Crippen LogP contribution in [0.3, 0.4) is 0 Å². The lowest BCUT2D eigenvalue weighted by atomic mass is 10.3. The van der Waals surface area contributed by atoms with E-state index in [1.54, 1.807) is 0 Å². The van der Waals surface area contributed by atoms with Crippen molar-refractivity contribution in [2.24, 2.45) is 0 Å². The Labute approximate surface area is 128 Å². The van der Waals surface area contributed by atoms with Crippen molar-refractivity contribution in [1.82, 2.24) is 0 Å². The molecule has 0 aromatic heterocycles. The van der Waals surface area contributed by atoms with E-state index in [1.165, 1.54) is 30.7 Å². The SMILES string of the molecule is CC[N+](CC)(CC)CC.O=S(=O)([O-])C(F)(F)CCC(F)(F)F. The predicted molar refractivity (Wildman–Crippen MR) is 72.4 cm³/mol. The molecule has 0 fully saturated rings. The average molecular weight is 357 g/mol. The van der Waals surface area contributed by atoms with Crippen LogP contribution in [-0.4, -0.2) is 55.1 Å². The van der Waals surface area contributed by atoms with Crippen molar-refractivity contribution >= 4 is 10.1 Å². The van der Waals surface area contributed by atoms with Crippen LogP contribution in [0.15, 0.2) is 0 Å². The molecule has 0 bridgehead atoms. The van der Waals surface area contributed by atoms with Crippen molar-refractivity contribution in [1.29, 1.82) is 0 Å². The predicted octanol–water partition coefficient (Wildman–Crippen LogP) is 3.35. The van der Waals surface area contributed by atoms with Crippen molar-refractivity contribution in [3.63, 3.8) is 0 Å². The molecule has 0 saturated carbocycles. The normalized spacial score (nSPS) is 13.5. The summed E-state index contributed by atoms with van der Waals surface area (Å²) in [5.41, 5.74) is 0. The molecular weight excluding hydrogens is 333 g/mol. The molecule has 0 aliphatic rings. The molecule has 0 atom stereocenters. The number of alkyl halides is 5. The van der Waals surface area contributed by atoms with Crippen LogP contribution in [-0.2, 0) is 10.1 Å². The molecule has 0 spiro atoms. The lowest BCUT2D eigenvalue weighted by Gasteiger charge is -2.34. The first-order chi connectivity index (χ1) is 9.70. The fourth-order valence-corrected chi connectivity index (χ4v) is 2.11. The van der Waals surface area contributed by atoms with Gasteiger partial charge in [-0.05, 0) is 27.7 Å². The molecule has 4 nitrogen and oxygen atoms in total. The molecule has 0 unspecified atom stereocenters. The lowest BCUT2D eigenvalue weighted by Crippen LogP contribution is -2.47. The first-order valence-corrected chi connectivity index (χ1v) is 8.36. The third-order valence-electron chi connectivity index (χ3n) is 3.75. The lowest BCUT2D eigenvalue weighted by molar-refractivity contribution is -0.921. The van der Waals surface area contributed by atoms with Gasteiger partial charge in [-0.3, -0.25) is 0 Å². The number of nitrogens with zero attached hydrogens (tertiary/aromatic N) is 1. The van der Waals surface area contributed by atoms with Crippen molar-refractivity contribution in [3.8, 4) is 0 Å². The molecule has 0 N–H and O–H groups in total. The molecule has 0 rings (SSSR count). The molecule has 136 valence electrons. The quantitative estimate of drug-likeness (QED) is 0.399. The summed E-state index contributed by atoms with van der Waals surface area (Å²) in [6.07, 6.45) is -8.96. The van der Waals surface area contributed by atoms with E-state index >= 15 is 0 Å². The number of halogens is 5. The van der Waals surface area contributed by atoms with Crippen molar-refractivity contribution in [2.75, 3.05) is 26.2 Å². The molecule has 22 heavy (non-hydrogen) atoms. The number of quaternary nitrogens is 1. The van der Waals surface area contributed by atoms with Crippen molar-refractivity contribution < 1.29 is 39.4 Å². The molecule has 0 aromatic carbocycles. The van der Waals surface area contributed by atoms with Crippen LogP contribution in [0.2, 0.25) is 0 Å². The summed E-state index contributed by atoms with van der Waals surface area (Å²) in [5.74, 6) is 0. The van der Waals surface area contributed by atoms with Gasteiger partial charge in [0.25, 0.3) is 0 Å². The van der Waals surface area contributed by atoms with Crippen LogP contribution >= 0.6 is 0 Å². The molecule has 0 amide bonds. The van der Waals surface area contributed by atoms with E-state index in [1.807, 2.05) is 0 Å². The minimum absolute atomic E-state index is 1.28. The summed E-state index contributed by atoms with van der Waals surface area (Å²) in [6, 6.07) is 0. The number of rotatable bonds is 7. The smallest absolute Gasteiger partial charge is 0.389 e. The van der Waals surface area contributed by atoms with Gasteiger partial charge in [-0.1, -0.05) is 0 Å². The Morgan fingerprint density at radius 2 is 1.14 bits per heavy atom. The fraction of sp³-hybridized carbons (Fsp3) is 1.00. The Kier molecular flexibility index (Phi) is 9.70. The minimum Gasteiger partial charge on any atom is -0.743 e. The van der Waals surface area contributed by atoms with Gasteiger partial charge in [-0.25, -0.2) is 8.42 Å².